The number of benzene rings is 1. The predicted octanol–water partition coefficient (Wildman–Crippen LogP) is 5.93. The number of imidazole rings is 1. The molecule has 1 saturated heterocycles. The number of nitrogens with one attached hydrogen (secondary N) is 1. The SMILES string of the molecule is CC.CC#CC(=O)NC1CCN(Cc2ccc(-n3c(-c4cccnc4N)nc4ccc(C5=CCCC=C5)nc43)cc2)CC1. The molecule has 0 spiro atoms. The van der Waals surface area contributed by atoms with Gasteiger partial charge in [0, 0.05) is 37.6 Å². The van der Waals surface area contributed by atoms with Gasteiger partial charge in [0.15, 0.2) is 11.5 Å². The Hall–Kier alpha value is -4.74. The van der Waals surface area contributed by atoms with Gasteiger partial charge in [-0.2, -0.15) is 0 Å². The number of piperidine rings is 1. The van der Waals surface area contributed by atoms with E-state index < -0.39 is 0 Å². The van der Waals surface area contributed by atoms with Crippen molar-refractivity contribution in [3.8, 4) is 28.9 Å². The summed E-state index contributed by atoms with van der Waals surface area (Å²) < 4.78 is 2.08. The number of aromatic nitrogens is 4. The van der Waals surface area contributed by atoms with E-state index in [-0.39, 0.29) is 11.9 Å². The van der Waals surface area contributed by atoms with Gasteiger partial charge in [-0.3, -0.25) is 14.3 Å². The molecule has 0 atom stereocenters. The zero-order chi connectivity index (χ0) is 30.2. The summed E-state index contributed by atoms with van der Waals surface area (Å²) in [4.78, 5) is 28.6. The number of carbonyl (C=O) groups is 1. The van der Waals surface area contributed by atoms with Crippen molar-refractivity contribution in [3.05, 3.63) is 84.2 Å². The van der Waals surface area contributed by atoms with Gasteiger partial charge in [0.1, 0.15) is 11.3 Å². The molecule has 6 rings (SSSR count). The number of nitrogen functional groups attached to an aromatic ring is 1. The molecule has 1 aliphatic heterocycles. The summed E-state index contributed by atoms with van der Waals surface area (Å²) in [5.74, 6) is 6.19. The van der Waals surface area contributed by atoms with Crippen molar-refractivity contribution in [2.24, 2.45) is 0 Å². The Morgan fingerprint density at radius 3 is 2.53 bits per heavy atom. The van der Waals surface area contributed by atoms with Crippen LogP contribution < -0.4 is 11.1 Å². The third-order valence-corrected chi connectivity index (χ3v) is 7.64. The molecule has 0 unspecified atom stereocenters. The number of rotatable bonds is 6. The van der Waals surface area contributed by atoms with Crippen LogP contribution in [0.4, 0.5) is 5.82 Å². The maximum atomic E-state index is 11.8. The van der Waals surface area contributed by atoms with E-state index >= 15 is 0 Å². The van der Waals surface area contributed by atoms with E-state index in [4.69, 9.17) is 15.7 Å². The second-order valence-electron chi connectivity index (χ2n) is 10.5. The lowest BCUT2D eigenvalue weighted by molar-refractivity contribution is -0.116. The number of pyridine rings is 2. The van der Waals surface area contributed by atoms with Crippen LogP contribution in [0.3, 0.4) is 0 Å². The fourth-order valence-electron chi connectivity index (χ4n) is 5.53. The summed E-state index contributed by atoms with van der Waals surface area (Å²) in [7, 11) is 0. The summed E-state index contributed by atoms with van der Waals surface area (Å²) in [5.41, 5.74) is 12.9. The minimum atomic E-state index is -0.186. The number of hydrogen-bond acceptors (Lipinski definition) is 6. The van der Waals surface area contributed by atoms with E-state index in [9.17, 15) is 4.79 Å². The van der Waals surface area contributed by atoms with Crippen LogP contribution in [0.2, 0.25) is 0 Å². The number of fused-ring (bicyclic) bond motifs is 1. The Balaban J connectivity index is 0.00000180. The number of hydrogen-bond donors (Lipinski definition) is 2. The highest BCUT2D eigenvalue weighted by molar-refractivity contribution is 5.93. The lowest BCUT2D eigenvalue weighted by atomic mass is 10.0. The molecule has 1 amide bonds. The lowest BCUT2D eigenvalue weighted by Crippen LogP contribution is -2.44. The first-order valence-corrected chi connectivity index (χ1v) is 15.1. The van der Waals surface area contributed by atoms with Gasteiger partial charge in [0.05, 0.1) is 11.3 Å². The molecule has 1 fully saturated rings. The van der Waals surface area contributed by atoms with Crippen LogP contribution in [-0.4, -0.2) is 49.5 Å². The first-order valence-electron chi connectivity index (χ1n) is 15.1. The van der Waals surface area contributed by atoms with E-state index in [1.807, 2.05) is 38.1 Å². The smallest absolute Gasteiger partial charge is 0.296 e. The molecular weight excluding hydrogens is 534 g/mol. The van der Waals surface area contributed by atoms with Crippen LogP contribution in [0.25, 0.3) is 33.8 Å². The molecule has 0 bridgehead atoms. The highest BCUT2D eigenvalue weighted by Gasteiger charge is 2.21. The van der Waals surface area contributed by atoms with E-state index in [1.165, 1.54) is 5.56 Å². The van der Waals surface area contributed by atoms with Gasteiger partial charge in [-0.25, -0.2) is 15.0 Å². The Bertz CT molecular complexity index is 1700. The molecule has 0 saturated carbocycles. The fraction of sp³-hybridized carbons (Fsp3) is 0.314. The van der Waals surface area contributed by atoms with E-state index in [1.54, 1.807) is 13.1 Å². The monoisotopic (exact) mass is 573 g/mol. The Morgan fingerprint density at radius 1 is 1.05 bits per heavy atom. The minimum absolute atomic E-state index is 0.186. The maximum Gasteiger partial charge on any atom is 0.296 e. The average molecular weight is 574 g/mol. The van der Waals surface area contributed by atoms with Gasteiger partial charge in [-0.1, -0.05) is 50.1 Å². The Morgan fingerprint density at radius 2 is 1.84 bits per heavy atom. The molecule has 4 aromatic rings. The molecule has 0 radical (unpaired) electrons. The largest absolute Gasteiger partial charge is 0.383 e. The number of likely N-dealkylation sites (tertiary alicyclic amines) is 1. The summed E-state index contributed by atoms with van der Waals surface area (Å²) in [6, 6.07) is 16.6. The number of amides is 1. The molecule has 4 heterocycles. The first kappa shape index (κ1) is 29.7. The van der Waals surface area contributed by atoms with E-state index in [0.29, 0.717) is 11.6 Å². The first-order chi connectivity index (χ1) is 21.1. The van der Waals surface area contributed by atoms with Crippen LogP contribution in [-0.2, 0) is 11.3 Å². The number of nitrogens with two attached hydrogens (primary N) is 1. The second-order valence-corrected chi connectivity index (χ2v) is 10.5. The summed E-state index contributed by atoms with van der Waals surface area (Å²) >= 11 is 0. The summed E-state index contributed by atoms with van der Waals surface area (Å²) in [5, 5.41) is 3.01. The van der Waals surface area contributed by atoms with Crippen molar-refractivity contribution in [2.75, 3.05) is 18.8 Å². The maximum absolute atomic E-state index is 11.8. The van der Waals surface area contributed by atoms with Crippen LogP contribution in [0.1, 0.15) is 57.7 Å². The molecule has 8 nitrogen and oxygen atoms in total. The Kier molecular flexibility index (Phi) is 9.65. The van der Waals surface area contributed by atoms with Gasteiger partial charge < -0.3 is 11.1 Å². The number of nitrogens with zero attached hydrogens (tertiary/aromatic N) is 5. The van der Waals surface area contributed by atoms with E-state index in [0.717, 1.165) is 79.0 Å². The average Bonchev–Trinajstić information content (AvgIpc) is 3.43. The number of allylic oxidation sites excluding steroid dienone is 4. The molecule has 8 heteroatoms. The lowest BCUT2D eigenvalue weighted by Gasteiger charge is -2.32. The van der Waals surface area contributed by atoms with Gasteiger partial charge in [0.25, 0.3) is 5.91 Å². The van der Waals surface area contributed by atoms with Gasteiger partial charge in [-0.15, -0.1) is 0 Å². The molecule has 1 aliphatic carbocycles. The van der Waals surface area contributed by atoms with Crippen LogP contribution in [0.5, 0.6) is 0 Å². The number of anilines is 1. The van der Waals surface area contributed by atoms with Crippen molar-refractivity contribution >= 4 is 28.5 Å². The summed E-state index contributed by atoms with van der Waals surface area (Å²) in [6.07, 6.45) is 12.2. The third-order valence-electron chi connectivity index (χ3n) is 7.64. The highest BCUT2D eigenvalue weighted by atomic mass is 16.1. The zero-order valence-corrected chi connectivity index (χ0v) is 25.2. The highest BCUT2D eigenvalue weighted by Crippen LogP contribution is 2.32. The normalized spacial score (nSPS) is 15.2. The number of carbonyl (C=O) groups excluding carboxylic acids is 1. The second kappa shape index (κ2) is 14.0. The zero-order valence-electron chi connectivity index (χ0n) is 25.2. The topological polar surface area (TPSA) is 102 Å². The minimum Gasteiger partial charge on any atom is -0.383 e. The van der Waals surface area contributed by atoms with E-state index in [2.05, 4.69) is 74.1 Å². The molecule has 3 aromatic heterocycles. The molecule has 43 heavy (non-hydrogen) atoms. The van der Waals surface area contributed by atoms with Crippen molar-refractivity contribution in [1.29, 1.82) is 0 Å². The van der Waals surface area contributed by atoms with Crippen LogP contribution in [0.15, 0.2) is 73.0 Å². The fourth-order valence-corrected chi connectivity index (χ4v) is 5.53. The van der Waals surface area contributed by atoms with Crippen molar-refractivity contribution < 1.29 is 4.79 Å². The standard InChI is InChI=1S/C33H33N7O.C2H6/c1-2-7-30(41)36-25-17-20-39(21-18-25)22-23-11-13-26(14-12-23)40-32(27-10-6-19-35-31(27)34)38-29-16-15-28(37-33(29)40)24-8-4-3-5-9-24;1-2/h4,6,8-16,19,25H,3,5,17-18,20-22H2,1H3,(H2,34,35)(H,36,41);1-2H3. The molecule has 220 valence electrons. The van der Waals surface area contributed by atoms with Crippen LogP contribution in [0, 0.1) is 11.8 Å². The van der Waals surface area contributed by atoms with Crippen molar-refractivity contribution in [2.45, 2.75) is 59.0 Å². The summed E-state index contributed by atoms with van der Waals surface area (Å²) in [6.45, 7) is 8.39. The quantitative estimate of drug-likeness (QED) is 0.277. The van der Waals surface area contributed by atoms with Crippen LogP contribution >= 0.6 is 0 Å². The van der Waals surface area contributed by atoms with Gasteiger partial charge in [0.2, 0.25) is 0 Å². The third kappa shape index (κ3) is 6.85. The molecule has 2 aliphatic rings. The molecular formula is C35H39N7O. The van der Waals surface area contributed by atoms with Gasteiger partial charge >= 0.3 is 0 Å². The molecule has 3 N–H and O–H groups in total. The Labute approximate surface area is 253 Å². The van der Waals surface area contributed by atoms with Crippen molar-refractivity contribution in [1.82, 2.24) is 29.7 Å². The predicted molar refractivity (Wildman–Crippen MR) is 174 cm³/mol. The van der Waals surface area contributed by atoms with Crippen molar-refractivity contribution in [3.63, 3.8) is 0 Å². The van der Waals surface area contributed by atoms with Gasteiger partial charge in [-0.05, 0) is 86.1 Å². The molecule has 1 aromatic carbocycles.